The van der Waals surface area contributed by atoms with Crippen LogP contribution in [0.1, 0.15) is 175 Å². The van der Waals surface area contributed by atoms with Crippen LogP contribution in [0.5, 0.6) is 0 Å². The largest absolute Gasteiger partial charge is 0.456 e. The lowest BCUT2D eigenvalue weighted by molar-refractivity contribution is 0.195. The molecule has 2 atom stereocenters. The molecule has 1 aliphatic carbocycles. The Morgan fingerprint density at radius 3 is 1.64 bits per heavy atom. The third-order valence-corrected chi connectivity index (χ3v) is 17.5. The van der Waals surface area contributed by atoms with Gasteiger partial charge in [0.1, 0.15) is 11.2 Å². The maximum Gasteiger partial charge on any atom is 0.247 e. The van der Waals surface area contributed by atoms with Gasteiger partial charge in [-0.2, -0.15) is 0 Å². The maximum absolute atomic E-state index is 6.84. The van der Waals surface area contributed by atoms with E-state index < -0.39 is 0 Å². The van der Waals surface area contributed by atoms with Gasteiger partial charge in [0.15, 0.2) is 0 Å². The Kier molecular flexibility index (Phi) is 9.23. The van der Waals surface area contributed by atoms with Crippen LogP contribution in [-0.2, 0) is 32.5 Å². The van der Waals surface area contributed by atoms with E-state index in [1.807, 2.05) is 0 Å². The first kappa shape index (κ1) is 44.3. The third-order valence-electron chi connectivity index (χ3n) is 17.5. The van der Waals surface area contributed by atoms with Crippen LogP contribution in [0.15, 0.2) is 108 Å². The van der Waals surface area contributed by atoms with E-state index in [1.165, 1.54) is 114 Å². The first-order chi connectivity index (χ1) is 31.2. The van der Waals surface area contributed by atoms with Gasteiger partial charge in [-0.15, -0.1) is 0 Å². The van der Waals surface area contributed by atoms with E-state index >= 15 is 0 Å². The molecule has 4 aliphatic rings. The molecule has 6 aromatic carbocycles. The predicted octanol–water partition coefficient (Wildman–Crippen LogP) is 15.5. The van der Waals surface area contributed by atoms with E-state index in [4.69, 9.17) is 4.42 Å². The summed E-state index contributed by atoms with van der Waals surface area (Å²) in [5.74, 6) is 0. The monoisotopic (exact) mass is 885 g/mol. The van der Waals surface area contributed by atoms with Crippen LogP contribution in [0.2, 0.25) is 0 Å². The number of hydrogen-bond acceptors (Lipinski definition) is 3. The Balaban J connectivity index is 1.25. The fourth-order valence-corrected chi connectivity index (χ4v) is 13.0. The number of rotatable bonds is 2. The summed E-state index contributed by atoms with van der Waals surface area (Å²) in [5, 5.41) is 2.42. The van der Waals surface area contributed by atoms with E-state index in [0.29, 0.717) is 0 Å². The lowest BCUT2D eigenvalue weighted by Gasteiger charge is -2.50. The molecule has 0 amide bonds. The van der Waals surface area contributed by atoms with Crippen molar-refractivity contribution in [3.05, 3.63) is 142 Å². The normalized spacial score (nSPS) is 21.0. The summed E-state index contributed by atoms with van der Waals surface area (Å²) < 4.78 is 6.84. The second kappa shape index (κ2) is 14.0. The topological polar surface area (TPSA) is 19.6 Å². The molecule has 1 saturated carbocycles. The van der Waals surface area contributed by atoms with Gasteiger partial charge in [-0.25, -0.2) is 0 Å². The third kappa shape index (κ3) is 6.36. The Hall–Kier alpha value is -5.22. The molecule has 11 rings (SSSR count). The van der Waals surface area contributed by atoms with E-state index in [9.17, 15) is 0 Å². The quantitative estimate of drug-likeness (QED) is 0.161. The van der Waals surface area contributed by atoms with Crippen LogP contribution in [0.25, 0.3) is 21.9 Å². The summed E-state index contributed by atoms with van der Waals surface area (Å²) >= 11 is 0. The fraction of sp³-hybridized carbons (Fsp3) is 0.429. The smallest absolute Gasteiger partial charge is 0.247 e. The van der Waals surface area contributed by atoms with Crippen molar-refractivity contribution in [2.24, 2.45) is 0 Å². The predicted molar refractivity (Wildman–Crippen MR) is 289 cm³/mol. The highest BCUT2D eigenvalue weighted by molar-refractivity contribution is 6.99. The molecule has 0 radical (unpaired) electrons. The van der Waals surface area contributed by atoms with Crippen molar-refractivity contribution in [3.63, 3.8) is 0 Å². The van der Waals surface area contributed by atoms with Crippen molar-refractivity contribution >= 4 is 73.5 Å². The highest BCUT2D eigenvalue weighted by atomic mass is 16.3. The molecule has 7 aromatic rings. The van der Waals surface area contributed by atoms with E-state index in [2.05, 4.69) is 224 Å². The molecule has 2 unspecified atom stereocenters. The minimum atomic E-state index is -0.291. The summed E-state index contributed by atoms with van der Waals surface area (Å²) in [6.07, 6.45) is 4.82. The molecule has 67 heavy (non-hydrogen) atoms. The van der Waals surface area contributed by atoms with Gasteiger partial charge in [0.2, 0.25) is 6.71 Å². The first-order valence-corrected chi connectivity index (χ1v) is 25.4. The summed E-state index contributed by atoms with van der Waals surface area (Å²) in [5.41, 5.74) is 22.1. The first-order valence-electron chi connectivity index (χ1n) is 25.4. The standard InChI is InChI=1S/C63H73BN2O/c1-57(2,3)38-19-24-42(25-20-38)65-52-37-51-47(62(15)29-17-18-30-63(62,16)66(51)43-26-21-39(22-27-43)58(4,5)6)35-50(52)64-49-34-45-44-31-40(59(7,8)9)23-28-54(44)67-55(45)36-46(49)61(13,14)48-32-41(60(10,11)12)33-53(65)56(48)64/h19-28,31-37H,17-18,29-30H2,1-16H3. The average molecular weight is 885 g/mol. The molecule has 0 saturated heterocycles. The molecule has 4 heterocycles. The molecular formula is C63H73BN2O. The average Bonchev–Trinajstić information content (AvgIpc) is 3.70. The molecule has 1 fully saturated rings. The van der Waals surface area contributed by atoms with E-state index in [0.717, 1.165) is 17.6 Å². The Bertz CT molecular complexity index is 3180. The SMILES string of the molecule is CC(C)(C)c1ccc(N2c3cc4c(cc3B3c5cc6c(cc5C(C)(C)c5cc(C(C)(C)C)cc2c53)oc2ccc(C(C)(C)C)cc26)C2(C)CCCCC2(C)N4c2ccc(C(C)(C)C)cc2)cc1. The molecule has 0 spiro atoms. The Morgan fingerprint density at radius 1 is 0.463 bits per heavy atom. The van der Waals surface area contributed by atoms with Crippen molar-refractivity contribution in [3.8, 4) is 0 Å². The van der Waals surface area contributed by atoms with Crippen molar-refractivity contribution in [2.45, 2.75) is 174 Å². The number of furan rings is 1. The molecular weight excluding hydrogens is 812 g/mol. The van der Waals surface area contributed by atoms with Gasteiger partial charge in [-0.05, 0) is 146 Å². The van der Waals surface area contributed by atoms with E-state index in [-0.39, 0.29) is 44.7 Å². The highest BCUT2D eigenvalue weighted by Crippen LogP contribution is 2.62. The van der Waals surface area contributed by atoms with Crippen LogP contribution >= 0.6 is 0 Å². The Labute approximate surface area is 402 Å². The summed E-state index contributed by atoms with van der Waals surface area (Å²) in [7, 11) is 0. The van der Waals surface area contributed by atoms with Gasteiger partial charge < -0.3 is 14.2 Å². The highest BCUT2D eigenvalue weighted by Gasteiger charge is 2.59. The number of fused-ring (bicyclic) bond motifs is 10. The zero-order chi connectivity index (χ0) is 47.8. The van der Waals surface area contributed by atoms with Crippen LogP contribution in [-0.4, -0.2) is 12.3 Å². The van der Waals surface area contributed by atoms with Crippen molar-refractivity contribution in [1.29, 1.82) is 0 Å². The lowest BCUT2D eigenvalue weighted by atomic mass is 9.30. The minimum absolute atomic E-state index is 0.0239. The second-order valence-electron chi connectivity index (χ2n) is 26.3. The minimum Gasteiger partial charge on any atom is -0.456 e. The second-order valence-corrected chi connectivity index (χ2v) is 26.3. The molecule has 0 N–H and O–H groups in total. The van der Waals surface area contributed by atoms with Crippen molar-refractivity contribution in [2.75, 3.05) is 9.80 Å². The number of anilines is 5. The fourth-order valence-electron chi connectivity index (χ4n) is 13.0. The number of benzene rings is 6. The summed E-state index contributed by atoms with van der Waals surface area (Å²) in [6.45, 7) is 38.2. The van der Waals surface area contributed by atoms with Crippen LogP contribution in [0, 0.1) is 0 Å². The van der Waals surface area contributed by atoms with Gasteiger partial charge >= 0.3 is 0 Å². The van der Waals surface area contributed by atoms with Crippen LogP contribution in [0.3, 0.4) is 0 Å². The molecule has 4 heteroatoms. The van der Waals surface area contributed by atoms with Crippen LogP contribution < -0.4 is 26.2 Å². The lowest BCUT2D eigenvalue weighted by Crippen LogP contribution is -2.64. The Morgan fingerprint density at radius 2 is 1.03 bits per heavy atom. The molecule has 3 nitrogen and oxygen atoms in total. The summed E-state index contributed by atoms with van der Waals surface area (Å²) in [6, 6.07) is 41.5. The summed E-state index contributed by atoms with van der Waals surface area (Å²) in [4.78, 5) is 5.45. The van der Waals surface area contributed by atoms with Crippen molar-refractivity contribution < 1.29 is 4.42 Å². The zero-order valence-corrected chi connectivity index (χ0v) is 43.5. The molecule has 0 bridgehead atoms. The number of nitrogens with zero attached hydrogens (tertiary/aromatic N) is 2. The van der Waals surface area contributed by atoms with Gasteiger partial charge in [0, 0.05) is 50.0 Å². The van der Waals surface area contributed by atoms with Crippen molar-refractivity contribution in [1.82, 2.24) is 0 Å². The zero-order valence-electron chi connectivity index (χ0n) is 43.5. The number of hydrogen-bond donors (Lipinski definition) is 0. The molecule has 344 valence electrons. The molecule has 3 aliphatic heterocycles. The van der Waals surface area contributed by atoms with Gasteiger partial charge in [0.05, 0.1) is 5.54 Å². The maximum atomic E-state index is 6.84. The van der Waals surface area contributed by atoms with E-state index in [1.54, 1.807) is 0 Å². The van der Waals surface area contributed by atoms with Gasteiger partial charge in [0.25, 0.3) is 0 Å². The molecule has 1 aromatic heterocycles. The van der Waals surface area contributed by atoms with Gasteiger partial charge in [-0.3, -0.25) is 0 Å². The van der Waals surface area contributed by atoms with Gasteiger partial charge in [-0.1, -0.05) is 171 Å². The van der Waals surface area contributed by atoms with Crippen LogP contribution in [0.4, 0.5) is 28.4 Å².